The molecular formula is C12H22N2S. The number of aromatic nitrogens is 1. The maximum atomic E-state index is 4.30. The Kier molecular flexibility index (Phi) is 5.26. The van der Waals surface area contributed by atoms with Gasteiger partial charge in [0.1, 0.15) is 0 Å². The van der Waals surface area contributed by atoms with Gasteiger partial charge in [-0.15, -0.1) is 11.3 Å². The molecule has 0 amide bonds. The molecule has 0 aliphatic heterocycles. The molecule has 1 rings (SSSR count). The molecule has 2 unspecified atom stereocenters. The van der Waals surface area contributed by atoms with Crippen LogP contribution in [0.3, 0.4) is 0 Å². The van der Waals surface area contributed by atoms with E-state index in [0.717, 1.165) is 0 Å². The quantitative estimate of drug-likeness (QED) is 0.800. The van der Waals surface area contributed by atoms with E-state index in [1.54, 1.807) is 11.3 Å². The molecule has 0 fully saturated rings. The van der Waals surface area contributed by atoms with Crippen LogP contribution >= 0.6 is 11.3 Å². The van der Waals surface area contributed by atoms with Crippen LogP contribution in [0.4, 0.5) is 0 Å². The summed E-state index contributed by atoms with van der Waals surface area (Å²) in [4.78, 5) is 5.67. The van der Waals surface area contributed by atoms with Crippen LogP contribution < -0.4 is 5.32 Å². The van der Waals surface area contributed by atoms with E-state index in [0.29, 0.717) is 12.1 Å². The summed E-state index contributed by atoms with van der Waals surface area (Å²) in [5.74, 6) is 0. The average Bonchev–Trinajstić information content (AvgIpc) is 2.63. The SMILES string of the molecule is CCCC(CC)NC(C)c1scnc1C. The van der Waals surface area contributed by atoms with E-state index in [1.807, 2.05) is 5.51 Å². The number of hydrogen-bond acceptors (Lipinski definition) is 3. The van der Waals surface area contributed by atoms with E-state index in [2.05, 4.69) is 38.0 Å². The predicted octanol–water partition coefficient (Wildman–Crippen LogP) is 3.68. The average molecular weight is 226 g/mol. The predicted molar refractivity (Wildman–Crippen MR) is 67.4 cm³/mol. The summed E-state index contributed by atoms with van der Waals surface area (Å²) in [6.07, 6.45) is 3.72. The molecule has 0 radical (unpaired) electrons. The van der Waals surface area contributed by atoms with E-state index in [9.17, 15) is 0 Å². The number of aryl methyl sites for hydroxylation is 1. The molecule has 86 valence electrons. The lowest BCUT2D eigenvalue weighted by Crippen LogP contribution is -2.30. The van der Waals surface area contributed by atoms with E-state index < -0.39 is 0 Å². The Labute approximate surface area is 97.1 Å². The lowest BCUT2D eigenvalue weighted by molar-refractivity contribution is 0.419. The summed E-state index contributed by atoms with van der Waals surface area (Å²) in [5, 5.41) is 3.68. The van der Waals surface area contributed by atoms with Crippen LogP contribution in [-0.2, 0) is 0 Å². The maximum absolute atomic E-state index is 4.30. The van der Waals surface area contributed by atoms with Gasteiger partial charge in [-0.2, -0.15) is 0 Å². The van der Waals surface area contributed by atoms with Gasteiger partial charge < -0.3 is 5.32 Å². The van der Waals surface area contributed by atoms with Gasteiger partial charge >= 0.3 is 0 Å². The fourth-order valence-corrected chi connectivity index (χ4v) is 2.73. The molecule has 1 aromatic rings. The van der Waals surface area contributed by atoms with Crippen molar-refractivity contribution >= 4 is 11.3 Å². The van der Waals surface area contributed by atoms with Gasteiger partial charge in [0.2, 0.25) is 0 Å². The lowest BCUT2D eigenvalue weighted by atomic mass is 10.1. The highest BCUT2D eigenvalue weighted by atomic mass is 32.1. The molecule has 1 aromatic heterocycles. The first-order valence-corrected chi connectivity index (χ1v) is 6.73. The fourth-order valence-electron chi connectivity index (χ4n) is 1.91. The van der Waals surface area contributed by atoms with Crippen LogP contribution in [0.15, 0.2) is 5.51 Å². The molecule has 2 atom stereocenters. The molecule has 0 bridgehead atoms. The first kappa shape index (κ1) is 12.7. The summed E-state index contributed by atoms with van der Waals surface area (Å²) in [6.45, 7) is 8.82. The minimum atomic E-state index is 0.439. The third kappa shape index (κ3) is 3.58. The standard InChI is InChI=1S/C12H22N2S/c1-5-7-11(6-2)14-10(4)12-9(3)13-8-15-12/h8,10-11,14H,5-7H2,1-4H3. The first-order valence-electron chi connectivity index (χ1n) is 5.85. The summed E-state index contributed by atoms with van der Waals surface area (Å²) < 4.78 is 0. The van der Waals surface area contributed by atoms with Crippen molar-refractivity contribution in [1.29, 1.82) is 0 Å². The van der Waals surface area contributed by atoms with Crippen LogP contribution in [0.25, 0.3) is 0 Å². The Balaban J connectivity index is 2.54. The largest absolute Gasteiger partial charge is 0.307 e. The maximum Gasteiger partial charge on any atom is 0.0798 e. The molecule has 3 heteroatoms. The highest BCUT2D eigenvalue weighted by Gasteiger charge is 2.14. The summed E-state index contributed by atoms with van der Waals surface area (Å²) in [7, 11) is 0. The van der Waals surface area contributed by atoms with E-state index >= 15 is 0 Å². The molecule has 0 saturated heterocycles. The topological polar surface area (TPSA) is 24.9 Å². The molecule has 0 aliphatic rings. The third-order valence-electron chi connectivity index (χ3n) is 2.79. The monoisotopic (exact) mass is 226 g/mol. The van der Waals surface area contributed by atoms with Crippen molar-refractivity contribution in [3.63, 3.8) is 0 Å². The number of rotatable bonds is 6. The molecule has 15 heavy (non-hydrogen) atoms. The van der Waals surface area contributed by atoms with E-state index in [4.69, 9.17) is 0 Å². The number of nitrogens with one attached hydrogen (secondary N) is 1. The van der Waals surface area contributed by atoms with Gasteiger partial charge in [-0.05, 0) is 26.7 Å². The van der Waals surface area contributed by atoms with Gasteiger partial charge in [0.05, 0.1) is 11.2 Å². The zero-order valence-electron chi connectivity index (χ0n) is 10.2. The number of nitrogens with zero attached hydrogens (tertiary/aromatic N) is 1. The van der Waals surface area contributed by atoms with Crippen LogP contribution in [-0.4, -0.2) is 11.0 Å². The zero-order chi connectivity index (χ0) is 11.3. The molecule has 2 nitrogen and oxygen atoms in total. The van der Waals surface area contributed by atoms with Crippen molar-refractivity contribution in [3.05, 3.63) is 16.1 Å². The van der Waals surface area contributed by atoms with Crippen molar-refractivity contribution in [1.82, 2.24) is 10.3 Å². The summed E-state index contributed by atoms with van der Waals surface area (Å²) in [6, 6.07) is 1.08. The van der Waals surface area contributed by atoms with Crippen LogP contribution in [0.5, 0.6) is 0 Å². The minimum Gasteiger partial charge on any atom is -0.307 e. The van der Waals surface area contributed by atoms with Crippen LogP contribution in [0.1, 0.15) is 56.6 Å². The van der Waals surface area contributed by atoms with Crippen molar-refractivity contribution in [2.45, 2.75) is 59.0 Å². The third-order valence-corrected chi connectivity index (χ3v) is 3.91. The van der Waals surface area contributed by atoms with Crippen molar-refractivity contribution in [2.75, 3.05) is 0 Å². The smallest absolute Gasteiger partial charge is 0.0798 e. The molecule has 0 aliphatic carbocycles. The molecule has 1 N–H and O–H groups in total. The minimum absolute atomic E-state index is 0.439. The fraction of sp³-hybridized carbons (Fsp3) is 0.750. The van der Waals surface area contributed by atoms with Crippen molar-refractivity contribution in [3.8, 4) is 0 Å². The van der Waals surface area contributed by atoms with E-state index in [1.165, 1.54) is 29.8 Å². The zero-order valence-corrected chi connectivity index (χ0v) is 11.0. The highest BCUT2D eigenvalue weighted by Crippen LogP contribution is 2.22. The van der Waals surface area contributed by atoms with Gasteiger partial charge in [-0.25, -0.2) is 4.98 Å². The Bertz CT molecular complexity index is 283. The van der Waals surface area contributed by atoms with Crippen molar-refractivity contribution in [2.24, 2.45) is 0 Å². The summed E-state index contributed by atoms with van der Waals surface area (Å²) in [5.41, 5.74) is 3.11. The Morgan fingerprint density at radius 2 is 2.20 bits per heavy atom. The number of thiazole rings is 1. The van der Waals surface area contributed by atoms with Crippen LogP contribution in [0.2, 0.25) is 0 Å². The molecule has 0 aromatic carbocycles. The van der Waals surface area contributed by atoms with Gasteiger partial charge in [0.15, 0.2) is 0 Å². The van der Waals surface area contributed by atoms with Crippen LogP contribution in [0, 0.1) is 6.92 Å². The van der Waals surface area contributed by atoms with Gasteiger partial charge in [-0.1, -0.05) is 20.3 Å². The summed E-state index contributed by atoms with van der Waals surface area (Å²) >= 11 is 1.75. The number of hydrogen-bond donors (Lipinski definition) is 1. The molecular weight excluding hydrogens is 204 g/mol. The highest BCUT2D eigenvalue weighted by molar-refractivity contribution is 7.09. The van der Waals surface area contributed by atoms with E-state index in [-0.39, 0.29) is 0 Å². The lowest BCUT2D eigenvalue weighted by Gasteiger charge is -2.21. The van der Waals surface area contributed by atoms with Crippen molar-refractivity contribution < 1.29 is 0 Å². The second kappa shape index (κ2) is 6.23. The Morgan fingerprint density at radius 1 is 1.47 bits per heavy atom. The van der Waals surface area contributed by atoms with Gasteiger partial charge in [0, 0.05) is 17.0 Å². The molecule has 1 heterocycles. The normalized spacial score (nSPS) is 15.2. The Morgan fingerprint density at radius 3 is 2.67 bits per heavy atom. The second-order valence-corrected chi connectivity index (χ2v) is 4.97. The van der Waals surface area contributed by atoms with Gasteiger partial charge in [0.25, 0.3) is 0 Å². The Hall–Kier alpha value is -0.410. The van der Waals surface area contributed by atoms with Gasteiger partial charge in [-0.3, -0.25) is 0 Å². The second-order valence-electron chi connectivity index (χ2n) is 4.08. The molecule has 0 spiro atoms. The first-order chi connectivity index (χ1) is 7.19. The molecule has 0 saturated carbocycles.